The van der Waals surface area contributed by atoms with Crippen molar-refractivity contribution in [2.45, 2.75) is 24.6 Å². The molecule has 2 aromatic carbocycles. The van der Waals surface area contributed by atoms with Gasteiger partial charge in [0.25, 0.3) is 0 Å². The summed E-state index contributed by atoms with van der Waals surface area (Å²) in [5.74, 6) is -0.921. The molecule has 22 heavy (non-hydrogen) atoms. The van der Waals surface area contributed by atoms with E-state index in [2.05, 4.69) is 0 Å². The lowest BCUT2D eigenvalue weighted by Crippen LogP contribution is -2.54. The number of alkyl halides is 3. The average molecular weight is 306 g/mol. The molecule has 0 unspecified atom stereocenters. The van der Waals surface area contributed by atoms with E-state index in [1.54, 1.807) is 48.5 Å². The summed E-state index contributed by atoms with van der Waals surface area (Å²) in [5, 5.41) is 0. The fourth-order valence-electron chi connectivity index (χ4n) is 2.73. The van der Waals surface area contributed by atoms with Crippen LogP contribution in [-0.4, -0.2) is 17.7 Å². The lowest BCUT2D eigenvalue weighted by Gasteiger charge is -2.38. The van der Waals surface area contributed by atoms with E-state index in [1.807, 2.05) is 0 Å². The van der Waals surface area contributed by atoms with E-state index in [0.717, 1.165) is 0 Å². The summed E-state index contributed by atoms with van der Waals surface area (Å²) in [5.41, 5.74) is -1.46. The lowest BCUT2D eigenvalue weighted by molar-refractivity contribution is -0.260. The van der Waals surface area contributed by atoms with Gasteiger partial charge in [-0.2, -0.15) is 13.2 Å². The summed E-state index contributed by atoms with van der Waals surface area (Å²) in [4.78, 5) is 12.0. The van der Waals surface area contributed by atoms with E-state index < -0.39 is 24.2 Å². The summed E-state index contributed by atoms with van der Waals surface area (Å²) in [6.45, 7) is 0. The first-order valence-corrected chi connectivity index (χ1v) is 6.83. The van der Waals surface area contributed by atoms with E-state index in [4.69, 9.17) is 4.74 Å². The zero-order chi connectivity index (χ0) is 15.8. The Balaban J connectivity index is 2.04. The highest BCUT2D eigenvalue weighted by Crippen LogP contribution is 2.42. The standard InChI is InChI=1S/C17H13F3O2/c18-17(19,20)16(10-12-6-2-1-3-7-12)11-13-8-4-5-9-14(13)15(21)22-16/h1-9H,10-11H2/t16-/m1/s1. The molecule has 0 fully saturated rings. The predicted octanol–water partition coefficient (Wildman–Crippen LogP) is 3.94. The molecule has 1 atom stereocenters. The molecule has 0 N–H and O–H groups in total. The maximum absolute atomic E-state index is 13.7. The largest absolute Gasteiger partial charge is 0.445 e. The highest BCUT2D eigenvalue weighted by atomic mass is 19.4. The molecule has 0 spiro atoms. The Kier molecular flexibility index (Phi) is 3.43. The normalized spacial score (nSPS) is 21.1. The average Bonchev–Trinajstić information content (AvgIpc) is 2.47. The minimum absolute atomic E-state index is 0.204. The second-order valence-electron chi connectivity index (χ2n) is 5.38. The third-order valence-electron chi connectivity index (χ3n) is 3.85. The number of carbonyl (C=O) groups is 1. The quantitative estimate of drug-likeness (QED) is 0.786. The minimum Gasteiger partial charge on any atom is -0.445 e. The van der Waals surface area contributed by atoms with E-state index in [9.17, 15) is 18.0 Å². The van der Waals surface area contributed by atoms with Crippen LogP contribution in [0.25, 0.3) is 0 Å². The zero-order valence-corrected chi connectivity index (χ0v) is 11.6. The van der Waals surface area contributed by atoms with Crippen molar-refractivity contribution in [3.63, 3.8) is 0 Å². The van der Waals surface area contributed by atoms with Gasteiger partial charge in [0.2, 0.25) is 5.60 Å². The van der Waals surface area contributed by atoms with Gasteiger partial charge in [0, 0.05) is 12.8 Å². The van der Waals surface area contributed by atoms with Gasteiger partial charge >= 0.3 is 12.1 Å². The van der Waals surface area contributed by atoms with Gasteiger partial charge in [-0.25, -0.2) is 4.79 Å². The van der Waals surface area contributed by atoms with Crippen molar-refractivity contribution in [1.29, 1.82) is 0 Å². The van der Waals surface area contributed by atoms with Crippen LogP contribution in [0.4, 0.5) is 13.2 Å². The summed E-state index contributed by atoms with van der Waals surface area (Å²) >= 11 is 0. The summed E-state index contributed by atoms with van der Waals surface area (Å²) < 4.78 is 45.9. The number of carbonyl (C=O) groups excluding carboxylic acids is 1. The Labute approximate surface area is 125 Å². The number of benzene rings is 2. The van der Waals surface area contributed by atoms with Crippen LogP contribution < -0.4 is 0 Å². The van der Waals surface area contributed by atoms with Crippen molar-refractivity contribution in [1.82, 2.24) is 0 Å². The van der Waals surface area contributed by atoms with Gasteiger partial charge in [-0.3, -0.25) is 0 Å². The molecule has 0 aliphatic carbocycles. The SMILES string of the molecule is O=C1O[C@@](Cc2ccccc2)(C(F)(F)F)Cc2ccccc21. The first kappa shape index (κ1) is 14.6. The molecule has 0 saturated heterocycles. The summed E-state index contributed by atoms with van der Waals surface area (Å²) in [7, 11) is 0. The van der Waals surface area contributed by atoms with E-state index >= 15 is 0 Å². The highest BCUT2D eigenvalue weighted by Gasteiger charge is 2.60. The Morgan fingerprint density at radius 2 is 1.64 bits per heavy atom. The van der Waals surface area contributed by atoms with Gasteiger partial charge in [0.15, 0.2) is 0 Å². The zero-order valence-electron chi connectivity index (χ0n) is 11.6. The van der Waals surface area contributed by atoms with Crippen molar-refractivity contribution in [2.24, 2.45) is 0 Å². The Bertz CT molecular complexity index is 695. The molecule has 0 aromatic heterocycles. The number of ether oxygens (including phenoxy) is 1. The molecule has 2 nitrogen and oxygen atoms in total. The van der Waals surface area contributed by atoms with Crippen LogP contribution in [0.3, 0.4) is 0 Å². The second kappa shape index (κ2) is 5.16. The molecule has 1 aliphatic rings. The topological polar surface area (TPSA) is 26.3 Å². The van der Waals surface area contributed by atoms with Gasteiger partial charge in [0.05, 0.1) is 5.56 Å². The molecule has 0 amide bonds. The first-order chi connectivity index (χ1) is 10.4. The molecule has 1 aliphatic heterocycles. The van der Waals surface area contributed by atoms with Gasteiger partial charge in [-0.15, -0.1) is 0 Å². The molecule has 0 radical (unpaired) electrons. The summed E-state index contributed by atoms with van der Waals surface area (Å²) in [6, 6.07) is 14.5. The molecule has 5 heteroatoms. The molecule has 0 saturated carbocycles. The van der Waals surface area contributed by atoms with Gasteiger partial charge < -0.3 is 4.74 Å². The molecular formula is C17H13F3O2. The Morgan fingerprint density at radius 1 is 1.00 bits per heavy atom. The third-order valence-corrected chi connectivity index (χ3v) is 3.85. The van der Waals surface area contributed by atoms with Crippen LogP contribution in [0.15, 0.2) is 54.6 Å². The smallest absolute Gasteiger partial charge is 0.429 e. The van der Waals surface area contributed by atoms with Crippen LogP contribution in [0, 0.1) is 0 Å². The fraction of sp³-hybridized carbons (Fsp3) is 0.235. The number of halogens is 3. The monoisotopic (exact) mass is 306 g/mol. The van der Waals surface area contributed by atoms with Crippen LogP contribution in [0.1, 0.15) is 21.5 Å². The first-order valence-electron chi connectivity index (χ1n) is 6.83. The van der Waals surface area contributed by atoms with Crippen molar-refractivity contribution >= 4 is 5.97 Å². The van der Waals surface area contributed by atoms with Gasteiger partial charge in [-0.05, 0) is 17.2 Å². The lowest BCUT2D eigenvalue weighted by atomic mass is 9.83. The number of esters is 1. The number of hydrogen-bond acceptors (Lipinski definition) is 2. The van der Waals surface area contributed by atoms with Crippen molar-refractivity contribution in [2.75, 3.05) is 0 Å². The van der Waals surface area contributed by atoms with E-state index in [-0.39, 0.29) is 12.0 Å². The molecular weight excluding hydrogens is 293 g/mol. The second-order valence-corrected chi connectivity index (χ2v) is 5.38. The number of hydrogen-bond donors (Lipinski definition) is 0. The maximum Gasteiger partial charge on any atom is 0.429 e. The van der Waals surface area contributed by atoms with Crippen LogP contribution in [0.2, 0.25) is 0 Å². The molecule has 3 rings (SSSR count). The summed E-state index contributed by atoms with van der Waals surface area (Å²) in [6.07, 6.45) is -5.41. The van der Waals surface area contributed by atoms with Gasteiger partial charge in [-0.1, -0.05) is 48.5 Å². The van der Waals surface area contributed by atoms with Gasteiger partial charge in [0.1, 0.15) is 0 Å². The molecule has 2 aromatic rings. The Morgan fingerprint density at radius 3 is 2.32 bits per heavy atom. The number of fused-ring (bicyclic) bond motifs is 1. The van der Waals surface area contributed by atoms with Crippen molar-refractivity contribution in [3.8, 4) is 0 Å². The number of rotatable bonds is 2. The van der Waals surface area contributed by atoms with E-state index in [1.165, 1.54) is 6.07 Å². The van der Waals surface area contributed by atoms with Crippen LogP contribution in [-0.2, 0) is 17.6 Å². The molecule has 114 valence electrons. The maximum atomic E-state index is 13.7. The van der Waals surface area contributed by atoms with Crippen LogP contribution in [0.5, 0.6) is 0 Å². The van der Waals surface area contributed by atoms with Crippen molar-refractivity contribution in [3.05, 3.63) is 71.3 Å². The molecule has 1 heterocycles. The Hall–Kier alpha value is -2.30. The predicted molar refractivity (Wildman–Crippen MR) is 74.5 cm³/mol. The van der Waals surface area contributed by atoms with Crippen molar-refractivity contribution < 1.29 is 22.7 Å². The van der Waals surface area contributed by atoms with E-state index in [0.29, 0.717) is 11.1 Å². The third kappa shape index (κ3) is 2.47. The minimum atomic E-state index is -4.65. The highest BCUT2D eigenvalue weighted by molar-refractivity contribution is 5.92. The fourth-order valence-corrected chi connectivity index (χ4v) is 2.73. The van der Waals surface area contributed by atoms with Crippen LogP contribution >= 0.6 is 0 Å². The number of cyclic esters (lactones) is 1. The molecule has 0 bridgehead atoms.